The molecular formula is C31H38N4O4S. The number of aryl methyl sites for hydroxylation is 2. The zero-order valence-corrected chi connectivity index (χ0v) is 24.5. The molecule has 1 aliphatic heterocycles. The molecule has 3 aromatic rings. The van der Waals surface area contributed by atoms with Crippen LogP contribution in [0.1, 0.15) is 49.6 Å². The van der Waals surface area contributed by atoms with Crippen LogP contribution < -0.4 is 10.6 Å². The summed E-state index contributed by atoms with van der Waals surface area (Å²) in [6, 6.07) is 13.9. The van der Waals surface area contributed by atoms with Crippen molar-refractivity contribution in [2.75, 3.05) is 6.54 Å². The normalized spacial score (nSPS) is 17.9. The number of aromatic nitrogens is 1. The van der Waals surface area contributed by atoms with Gasteiger partial charge >= 0.3 is 0 Å². The lowest BCUT2D eigenvalue weighted by Crippen LogP contribution is -2.58. The third kappa shape index (κ3) is 7.14. The molecule has 2 aromatic carbocycles. The minimum Gasteiger partial charge on any atom is -0.391 e. The highest BCUT2D eigenvalue weighted by Crippen LogP contribution is 2.28. The number of carbonyl (C=O) groups is 3. The predicted molar refractivity (Wildman–Crippen MR) is 157 cm³/mol. The largest absolute Gasteiger partial charge is 0.391 e. The van der Waals surface area contributed by atoms with E-state index < -0.39 is 23.6 Å². The van der Waals surface area contributed by atoms with Gasteiger partial charge in [-0.2, -0.15) is 0 Å². The van der Waals surface area contributed by atoms with E-state index in [4.69, 9.17) is 0 Å². The minimum absolute atomic E-state index is 0.0419. The van der Waals surface area contributed by atoms with E-state index in [1.165, 1.54) is 4.90 Å². The Hall–Kier alpha value is -3.56. The van der Waals surface area contributed by atoms with Gasteiger partial charge in [-0.3, -0.25) is 14.4 Å². The summed E-state index contributed by atoms with van der Waals surface area (Å²) in [6.45, 7) is 9.92. The van der Waals surface area contributed by atoms with Crippen LogP contribution in [0.4, 0.5) is 0 Å². The molecule has 212 valence electrons. The van der Waals surface area contributed by atoms with Crippen LogP contribution in [0, 0.1) is 19.3 Å². The van der Waals surface area contributed by atoms with Crippen molar-refractivity contribution in [2.45, 2.75) is 72.2 Å². The molecule has 4 rings (SSSR count). The number of amides is 3. The van der Waals surface area contributed by atoms with Gasteiger partial charge in [-0.1, -0.05) is 74.9 Å². The van der Waals surface area contributed by atoms with Crippen LogP contribution in [0.2, 0.25) is 0 Å². The molecule has 0 saturated carbocycles. The quantitative estimate of drug-likeness (QED) is 0.387. The van der Waals surface area contributed by atoms with E-state index in [1.807, 2.05) is 88.7 Å². The van der Waals surface area contributed by atoms with Gasteiger partial charge in [0.1, 0.15) is 12.1 Å². The minimum atomic E-state index is -0.853. The maximum Gasteiger partial charge on any atom is 0.246 e. The maximum atomic E-state index is 13.8. The van der Waals surface area contributed by atoms with E-state index in [1.54, 1.807) is 11.3 Å². The topological polar surface area (TPSA) is 112 Å². The van der Waals surface area contributed by atoms with Crippen molar-refractivity contribution in [1.82, 2.24) is 20.5 Å². The average molecular weight is 563 g/mol. The van der Waals surface area contributed by atoms with Gasteiger partial charge in [-0.25, -0.2) is 4.98 Å². The standard InChI is InChI=1S/C31H38N4O4S/c1-19-6-8-21(9-7-19)14-26(37)34-28(31(3,4)5)30(39)35-17-24(36)15-25(35)29(38)32-16-22-10-12-23(13-11-22)27-20(2)33-18-40-27/h6-13,18,24-25,28,36H,14-17H2,1-5H3,(H,32,38)(H,34,37)/t24-,25+,28-/m1/s1. The van der Waals surface area contributed by atoms with Gasteiger partial charge in [-0.05, 0) is 36.0 Å². The van der Waals surface area contributed by atoms with Gasteiger partial charge in [0.2, 0.25) is 17.7 Å². The molecule has 8 nitrogen and oxygen atoms in total. The van der Waals surface area contributed by atoms with E-state index in [9.17, 15) is 19.5 Å². The van der Waals surface area contributed by atoms with E-state index in [0.717, 1.165) is 32.8 Å². The average Bonchev–Trinajstić information content (AvgIpc) is 3.52. The Morgan fingerprint density at radius 2 is 1.70 bits per heavy atom. The summed E-state index contributed by atoms with van der Waals surface area (Å²) in [5.74, 6) is -0.966. The van der Waals surface area contributed by atoms with Crippen molar-refractivity contribution in [3.05, 3.63) is 76.4 Å². The second kappa shape index (κ2) is 12.3. The van der Waals surface area contributed by atoms with Crippen LogP contribution in [0.5, 0.6) is 0 Å². The number of nitrogens with zero attached hydrogens (tertiary/aromatic N) is 2. The van der Waals surface area contributed by atoms with E-state index in [0.29, 0.717) is 6.54 Å². The summed E-state index contributed by atoms with van der Waals surface area (Å²) in [7, 11) is 0. The molecule has 0 bridgehead atoms. The number of hydrogen-bond acceptors (Lipinski definition) is 6. The number of carbonyl (C=O) groups excluding carboxylic acids is 3. The highest BCUT2D eigenvalue weighted by Gasteiger charge is 2.44. The Kier molecular flexibility index (Phi) is 9.05. The first-order valence-electron chi connectivity index (χ1n) is 13.5. The molecular weight excluding hydrogens is 524 g/mol. The fourth-order valence-corrected chi connectivity index (χ4v) is 5.70. The lowest BCUT2D eigenvalue weighted by Gasteiger charge is -2.35. The van der Waals surface area contributed by atoms with E-state index in [2.05, 4.69) is 15.6 Å². The monoisotopic (exact) mass is 562 g/mol. The fraction of sp³-hybridized carbons (Fsp3) is 0.419. The Bertz CT molecular complexity index is 1340. The number of nitrogens with one attached hydrogen (secondary N) is 2. The second-order valence-electron chi connectivity index (χ2n) is 11.6. The SMILES string of the molecule is Cc1ccc(CC(=O)N[C@H](C(=O)N2C[C@H](O)C[C@H]2C(=O)NCc2ccc(-c3scnc3C)cc2)C(C)(C)C)cc1. The van der Waals surface area contributed by atoms with Crippen LogP contribution in [-0.2, 0) is 27.3 Å². The summed E-state index contributed by atoms with van der Waals surface area (Å²) in [5, 5.41) is 16.2. The van der Waals surface area contributed by atoms with Crippen molar-refractivity contribution in [3.63, 3.8) is 0 Å². The Balaban J connectivity index is 1.41. The number of likely N-dealkylation sites (tertiary alicyclic amines) is 1. The van der Waals surface area contributed by atoms with E-state index in [-0.39, 0.29) is 37.1 Å². The molecule has 1 aliphatic rings. The maximum absolute atomic E-state index is 13.8. The smallest absolute Gasteiger partial charge is 0.246 e. The Labute approximate surface area is 239 Å². The molecule has 1 saturated heterocycles. The molecule has 9 heteroatoms. The first-order chi connectivity index (χ1) is 18.9. The highest BCUT2D eigenvalue weighted by molar-refractivity contribution is 7.13. The zero-order valence-electron chi connectivity index (χ0n) is 23.7. The van der Waals surface area contributed by atoms with Crippen molar-refractivity contribution < 1.29 is 19.5 Å². The third-order valence-corrected chi connectivity index (χ3v) is 8.17. The lowest BCUT2D eigenvalue weighted by atomic mass is 9.85. The highest BCUT2D eigenvalue weighted by atomic mass is 32.1. The van der Waals surface area contributed by atoms with Crippen molar-refractivity contribution in [3.8, 4) is 10.4 Å². The molecule has 1 aromatic heterocycles. The fourth-order valence-electron chi connectivity index (χ4n) is 4.88. The first-order valence-corrected chi connectivity index (χ1v) is 14.4. The molecule has 0 radical (unpaired) electrons. The third-order valence-electron chi connectivity index (χ3n) is 7.20. The lowest BCUT2D eigenvalue weighted by molar-refractivity contribution is -0.144. The van der Waals surface area contributed by atoms with Gasteiger partial charge in [0, 0.05) is 19.5 Å². The number of aliphatic hydroxyl groups excluding tert-OH is 1. The number of hydrogen-bond donors (Lipinski definition) is 3. The molecule has 3 atom stereocenters. The van der Waals surface area contributed by atoms with Crippen LogP contribution in [-0.4, -0.2) is 57.4 Å². The number of rotatable bonds is 8. The molecule has 0 spiro atoms. The molecule has 3 N–H and O–H groups in total. The number of thiazole rings is 1. The summed E-state index contributed by atoms with van der Waals surface area (Å²) in [4.78, 5) is 46.7. The zero-order chi connectivity index (χ0) is 29.0. The Morgan fingerprint density at radius 3 is 2.30 bits per heavy atom. The predicted octanol–water partition coefficient (Wildman–Crippen LogP) is 3.78. The molecule has 2 heterocycles. The summed E-state index contributed by atoms with van der Waals surface area (Å²) in [5.41, 5.74) is 6.15. The molecule has 0 unspecified atom stereocenters. The summed E-state index contributed by atoms with van der Waals surface area (Å²) >= 11 is 1.59. The van der Waals surface area contributed by atoms with Crippen LogP contribution in [0.25, 0.3) is 10.4 Å². The number of benzene rings is 2. The van der Waals surface area contributed by atoms with Crippen LogP contribution in [0.3, 0.4) is 0 Å². The first kappa shape index (κ1) is 29.4. The van der Waals surface area contributed by atoms with Gasteiger partial charge in [-0.15, -0.1) is 11.3 Å². The van der Waals surface area contributed by atoms with Gasteiger partial charge < -0.3 is 20.6 Å². The second-order valence-corrected chi connectivity index (χ2v) is 12.5. The van der Waals surface area contributed by atoms with Crippen LogP contribution in [0.15, 0.2) is 54.0 Å². The van der Waals surface area contributed by atoms with Gasteiger partial charge in [0.25, 0.3) is 0 Å². The molecule has 40 heavy (non-hydrogen) atoms. The van der Waals surface area contributed by atoms with Crippen LogP contribution >= 0.6 is 11.3 Å². The Morgan fingerprint density at radius 1 is 1.05 bits per heavy atom. The van der Waals surface area contributed by atoms with Gasteiger partial charge in [0.05, 0.1) is 28.6 Å². The number of β-amino-alcohol motifs (C(OH)–C–C–N with tert-alkyl or cyclic N) is 1. The molecule has 0 aliphatic carbocycles. The summed E-state index contributed by atoms with van der Waals surface area (Å²) < 4.78 is 0. The number of aliphatic hydroxyl groups is 1. The summed E-state index contributed by atoms with van der Waals surface area (Å²) in [6.07, 6.45) is -0.519. The van der Waals surface area contributed by atoms with Crippen molar-refractivity contribution >= 4 is 29.1 Å². The van der Waals surface area contributed by atoms with E-state index >= 15 is 0 Å². The van der Waals surface area contributed by atoms with Crippen molar-refractivity contribution in [1.29, 1.82) is 0 Å². The van der Waals surface area contributed by atoms with Gasteiger partial charge in [0.15, 0.2) is 0 Å². The molecule has 3 amide bonds. The molecule has 1 fully saturated rings. The van der Waals surface area contributed by atoms with Crippen molar-refractivity contribution in [2.24, 2.45) is 5.41 Å².